The number of nitrogens with one attached hydrogen (secondary N) is 3. The van der Waals surface area contributed by atoms with Crippen LogP contribution in [0.5, 0.6) is 0 Å². The quantitative estimate of drug-likeness (QED) is 0.747. The van der Waals surface area contributed by atoms with E-state index in [9.17, 15) is 9.59 Å². The van der Waals surface area contributed by atoms with Crippen LogP contribution in [0, 0.1) is 0 Å². The molecule has 1 aromatic carbocycles. The number of amides is 2. The van der Waals surface area contributed by atoms with Crippen molar-refractivity contribution in [3.05, 3.63) is 53.9 Å². The Bertz CT molecular complexity index is 837. The van der Waals surface area contributed by atoms with Crippen molar-refractivity contribution < 1.29 is 14.5 Å². The molecule has 6 nitrogen and oxygen atoms in total. The van der Waals surface area contributed by atoms with Gasteiger partial charge in [-0.2, -0.15) is 0 Å². The molecule has 0 bridgehead atoms. The molecule has 3 heterocycles. The van der Waals surface area contributed by atoms with Crippen molar-refractivity contribution in [3.63, 3.8) is 0 Å². The van der Waals surface area contributed by atoms with Crippen LogP contribution in [0.1, 0.15) is 35.3 Å². The number of hydrogen-bond donors (Lipinski definition) is 3. The predicted molar refractivity (Wildman–Crippen MR) is 105 cm³/mol. The fraction of sp³-hybridized carbons (Fsp3) is 0.350. The summed E-state index contributed by atoms with van der Waals surface area (Å²) in [6.45, 7) is 2.47. The molecule has 140 valence electrons. The number of carbonyl (C=O) groups is 2. The van der Waals surface area contributed by atoms with E-state index < -0.39 is 0 Å². The van der Waals surface area contributed by atoms with Gasteiger partial charge in [-0.1, -0.05) is 17.8 Å². The zero-order valence-corrected chi connectivity index (χ0v) is 15.8. The normalized spacial score (nSPS) is 19.9. The number of aromatic nitrogens is 1. The Morgan fingerprint density at radius 3 is 2.85 bits per heavy atom. The molecule has 1 aromatic heterocycles. The summed E-state index contributed by atoms with van der Waals surface area (Å²) in [6.07, 6.45) is 5.33. The van der Waals surface area contributed by atoms with Crippen LogP contribution >= 0.6 is 11.8 Å². The first-order chi connectivity index (χ1) is 13.2. The first-order valence-electron chi connectivity index (χ1n) is 9.35. The molecule has 3 N–H and O–H groups in total. The minimum absolute atomic E-state index is 0.0374. The molecule has 2 amide bonds. The average Bonchev–Trinajstić information content (AvgIpc) is 2.72. The summed E-state index contributed by atoms with van der Waals surface area (Å²) in [5.74, 6) is -0.137. The lowest BCUT2D eigenvalue weighted by atomic mass is 10.1. The minimum Gasteiger partial charge on any atom is -0.346 e. The van der Waals surface area contributed by atoms with Gasteiger partial charge in [0.25, 0.3) is 11.8 Å². The Balaban J connectivity index is 1.44. The van der Waals surface area contributed by atoms with Gasteiger partial charge in [-0.3, -0.25) is 14.6 Å². The summed E-state index contributed by atoms with van der Waals surface area (Å²) in [5.41, 5.74) is 2.07. The van der Waals surface area contributed by atoms with Crippen molar-refractivity contribution in [2.24, 2.45) is 0 Å². The van der Waals surface area contributed by atoms with Crippen molar-refractivity contribution in [1.82, 2.24) is 10.3 Å². The second-order valence-electron chi connectivity index (χ2n) is 6.92. The zero-order valence-electron chi connectivity index (χ0n) is 15.0. The average molecular weight is 383 g/mol. The Labute approximate surface area is 162 Å². The van der Waals surface area contributed by atoms with Crippen LogP contribution in [0.2, 0.25) is 0 Å². The summed E-state index contributed by atoms with van der Waals surface area (Å²) in [4.78, 5) is 31.6. The van der Waals surface area contributed by atoms with Crippen molar-refractivity contribution in [2.75, 3.05) is 18.4 Å². The lowest BCUT2D eigenvalue weighted by Gasteiger charge is -2.33. The van der Waals surface area contributed by atoms with Gasteiger partial charge in [-0.05, 0) is 49.6 Å². The van der Waals surface area contributed by atoms with Crippen molar-refractivity contribution >= 4 is 29.3 Å². The predicted octanol–water partition coefficient (Wildman–Crippen LogP) is 1.45. The first kappa shape index (κ1) is 18.0. The Kier molecular flexibility index (Phi) is 5.40. The third-order valence-corrected chi connectivity index (χ3v) is 6.40. The Hall–Kier alpha value is -2.38. The van der Waals surface area contributed by atoms with Gasteiger partial charge in [-0.15, -0.1) is 0 Å². The Morgan fingerprint density at radius 2 is 2.07 bits per heavy atom. The van der Waals surface area contributed by atoms with Crippen LogP contribution in [0.3, 0.4) is 0 Å². The molecule has 2 aliphatic heterocycles. The third-order valence-electron chi connectivity index (χ3n) is 5.01. The van der Waals surface area contributed by atoms with E-state index in [0.29, 0.717) is 12.1 Å². The van der Waals surface area contributed by atoms with Gasteiger partial charge in [0.1, 0.15) is 0 Å². The number of carbonyl (C=O) groups excluding carboxylic acids is 2. The van der Waals surface area contributed by atoms with E-state index in [0.717, 1.165) is 29.4 Å². The monoisotopic (exact) mass is 383 g/mol. The van der Waals surface area contributed by atoms with Gasteiger partial charge in [0.2, 0.25) is 5.37 Å². The number of benzene rings is 1. The van der Waals surface area contributed by atoms with E-state index in [4.69, 9.17) is 0 Å². The molecule has 0 spiro atoms. The maximum absolute atomic E-state index is 12.6. The fourth-order valence-electron chi connectivity index (χ4n) is 3.56. The van der Waals surface area contributed by atoms with E-state index in [1.807, 2.05) is 30.3 Å². The number of nitrogens with zero attached hydrogens (tertiary/aromatic N) is 1. The zero-order chi connectivity index (χ0) is 18.6. The molecule has 0 aliphatic carbocycles. The molecule has 1 fully saturated rings. The van der Waals surface area contributed by atoms with Crippen LogP contribution in [0.25, 0.3) is 0 Å². The van der Waals surface area contributed by atoms with Gasteiger partial charge in [0.15, 0.2) is 0 Å². The standard InChI is InChI=1S/C20H22N4O2S/c25-18(22-13-15-6-2-3-9-21-15)14-7-8-17-16(12-14)23-19(26)20(27-17)24-10-4-1-5-11-24/h2-3,6-9,12,20H,1,4-5,10-11,13H2,(H,22,25)(H,23,26)/p+1. The van der Waals surface area contributed by atoms with Crippen molar-refractivity contribution in [3.8, 4) is 0 Å². The molecule has 1 atom stereocenters. The SMILES string of the molecule is O=C(NCc1ccccn1)c1ccc2c(c1)NC(=O)C([NH+]1CCCCC1)S2. The molecule has 1 saturated heterocycles. The highest BCUT2D eigenvalue weighted by Crippen LogP contribution is 2.34. The molecular weight excluding hydrogens is 360 g/mol. The second kappa shape index (κ2) is 8.10. The molecule has 2 aromatic rings. The van der Waals surface area contributed by atoms with Gasteiger partial charge in [0.05, 0.1) is 31.0 Å². The van der Waals surface area contributed by atoms with E-state index in [-0.39, 0.29) is 17.2 Å². The highest BCUT2D eigenvalue weighted by atomic mass is 32.2. The number of quaternary nitrogens is 1. The van der Waals surface area contributed by atoms with Gasteiger partial charge < -0.3 is 15.5 Å². The number of anilines is 1. The lowest BCUT2D eigenvalue weighted by Crippen LogP contribution is -3.17. The summed E-state index contributed by atoms with van der Waals surface area (Å²) in [7, 11) is 0. The van der Waals surface area contributed by atoms with Gasteiger partial charge in [-0.25, -0.2) is 0 Å². The fourth-order valence-corrected chi connectivity index (χ4v) is 4.77. The summed E-state index contributed by atoms with van der Waals surface area (Å²) in [5, 5.41) is 5.78. The van der Waals surface area contributed by atoms with Gasteiger partial charge in [0, 0.05) is 16.7 Å². The van der Waals surface area contributed by atoms with Crippen molar-refractivity contribution in [2.45, 2.75) is 36.1 Å². The maximum atomic E-state index is 12.6. The molecule has 4 rings (SSSR count). The summed E-state index contributed by atoms with van der Waals surface area (Å²) < 4.78 is 0. The lowest BCUT2D eigenvalue weighted by molar-refractivity contribution is -0.906. The summed E-state index contributed by atoms with van der Waals surface area (Å²) >= 11 is 1.61. The molecule has 27 heavy (non-hydrogen) atoms. The molecule has 2 aliphatic rings. The number of rotatable bonds is 4. The maximum Gasteiger partial charge on any atom is 0.294 e. The molecule has 7 heteroatoms. The highest BCUT2D eigenvalue weighted by molar-refractivity contribution is 8.00. The highest BCUT2D eigenvalue weighted by Gasteiger charge is 2.36. The van der Waals surface area contributed by atoms with E-state index in [2.05, 4.69) is 15.6 Å². The van der Waals surface area contributed by atoms with Crippen molar-refractivity contribution in [1.29, 1.82) is 0 Å². The topological polar surface area (TPSA) is 75.5 Å². The second-order valence-corrected chi connectivity index (χ2v) is 8.07. The first-order valence-corrected chi connectivity index (χ1v) is 10.2. The largest absolute Gasteiger partial charge is 0.346 e. The van der Waals surface area contributed by atoms with Crippen LogP contribution in [-0.4, -0.2) is 35.3 Å². The van der Waals surface area contributed by atoms with Crippen LogP contribution in [0.15, 0.2) is 47.5 Å². The number of likely N-dealkylation sites (tertiary alicyclic amines) is 1. The summed E-state index contributed by atoms with van der Waals surface area (Å²) in [6, 6.07) is 11.1. The van der Waals surface area contributed by atoms with Crippen LogP contribution in [-0.2, 0) is 11.3 Å². The Morgan fingerprint density at radius 1 is 1.22 bits per heavy atom. The smallest absolute Gasteiger partial charge is 0.294 e. The van der Waals surface area contributed by atoms with Crippen LogP contribution < -0.4 is 15.5 Å². The number of fused-ring (bicyclic) bond motifs is 1. The van der Waals surface area contributed by atoms with Crippen LogP contribution in [0.4, 0.5) is 5.69 Å². The molecular formula is C20H23N4O2S+. The molecule has 1 unspecified atom stereocenters. The number of hydrogen-bond acceptors (Lipinski definition) is 4. The van der Waals surface area contributed by atoms with E-state index in [1.165, 1.54) is 24.2 Å². The van der Waals surface area contributed by atoms with Gasteiger partial charge >= 0.3 is 0 Å². The minimum atomic E-state index is -0.175. The number of pyridine rings is 1. The van der Waals surface area contributed by atoms with E-state index >= 15 is 0 Å². The number of thioether (sulfide) groups is 1. The van der Waals surface area contributed by atoms with E-state index in [1.54, 1.807) is 24.0 Å². The third kappa shape index (κ3) is 4.14. The molecule has 0 saturated carbocycles. The molecule has 0 radical (unpaired) electrons. The number of piperidine rings is 1.